The number of imide groups is 1. The molecule has 2 aromatic carbocycles. The molecule has 35 heavy (non-hydrogen) atoms. The molecule has 2 aliphatic carbocycles. The molecule has 0 radical (unpaired) electrons. The molecule has 6 rings (SSSR count). The van der Waals surface area contributed by atoms with Crippen LogP contribution in [-0.2, 0) is 29.0 Å². The van der Waals surface area contributed by atoms with E-state index in [0.29, 0.717) is 36.5 Å². The standard InChI is InChI=1S/C29H33N3O3/c33-27-14-13-26(28(34)31-27)32-17-21-16-18(9-11-23(21)29(32)35)15-20-6-2-4-8-24(20)30-25-12-10-19-5-1-3-7-22(19)25/h1,3,5,7,9,11,16,20,24-26,30H,2,4,6,8,10,12-15,17H2,(H,31,33,34)/t20-,24?,25?,26?/m1/s1. The first-order valence-electron chi connectivity index (χ1n) is 13.2. The average Bonchev–Trinajstić information content (AvgIpc) is 3.41. The highest BCUT2D eigenvalue weighted by Gasteiger charge is 2.39. The quantitative estimate of drug-likeness (QED) is 0.650. The lowest BCUT2D eigenvalue weighted by Gasteiger charge is -2.35. The van der Waals surface area contributed by atoms with E-state index in [1.165, 1.54) is 48.8 Å². The number of carbonyl (C=O) groups excluding carboxylic acids is 3. The van der Waals surface area contributed by atoms with Crippen LogP contribution in [0.25, 0.3) is 0 Å². The van der Waals surface area contributed by atoms with Gasteiger partial charge in [-0.1, -0.05) is 49.2 Å². The zero-order chi connectivity index (χ0) is 23.9. The summed E-state index contributed by atoms with van der Waals surface area (Å²) in [5, 5.41) is 6.41. The Morgan fingerprint density at radius 3 is 2.66 bits per heavy atom. The van der Waals surface area contributed by atoms with E-state index in [0.717, 1.165) is 18.4 Å². The fourth-order valence-electron chi connectivity index (χ4n) is 6.72. The molecule has 0 spiro atoms. The molecule has 1 saturated heterocycles. The van der Waals surface area contributed by atoms with Gasteiger partial charge in [-0.25, -0.2) is 0 Å². The van der Waals surface area contributed by atoms with Gasteiger partial charge in [0.15, 0.2) is 0 Å². The Labute approximate surface area is 206 Å². The monoisotopic (exact) mass is 471 g/mol. The number of piperidine rings is 1. The van der Waals surface area contributed by atoms with Crippen LogP contribution in [0.15, 0.2) is 42.5 Å². The van der Waals surface area contributed by atoms with Gasteiger partial charge < -0.3 is 10.2 Å². The van der Waals surface area contributed by atoms with Crippen molar-refractivity contribution < 1.29 is 14.4 Å². The van der Waals surface area contributed by atoms with Gasteiger partial charge in [-0.3, -0.25) is 19.7 Å². The predicted octanol–water partition coefficient (Wildman–Crippen LogP) is 3.83. The smallest absolute Gasteiger partial charge is 0.255 e. The van der Waals surface area contributed by atoms with Crippen LogP contribution in [-0.4, -0.2) is 34.7 Å². The van der Waals surface area contributed by atoms with Crippen LogP contribution >= 0.6 is 0 Å². The topological polar surface area (TPSA) is 78.5 Å². The highest BCUT2D eigenvalue weighted by molar-refractivity contribution is 6.05. The zero-order valence-electron chi connectivity index (χ0n) is 20.1. The fraction of sp³-hybridized carbons (Fsp3) is 0.483. The van der Waals surface area contributed by atoms with Gasteiger partial charge in [-0.15, -0.1) is 0 Å². The maximum atomic E-state index is 13.0. The van der Waals surface area contributed by atoms with Gasteiger partial charge in [0.25, 0.3) is 5.91 Å². The summed E-state index contributed by atoms with van der Waals surface area (Å²) in [5.41, 5.74) is 5.93. The Balaban J connectivity index is 1.15. The summed E-state index contributed by atoms with van der Waals surface area (Å²) in [5.74, 6) is -0.127. The van der Waals surface area contributed by atoms with E-state index in [2.05, 4.69) is 47.0 Å². The summed E-state index contributed by atoms with van der Waals surface area (Å²) in [6.45, 7) is 0.444. The SMILES string of the molecule is O=C1CCC(N2Cc3cc(C[C@H]4CCCCC4NC4CCc5ccccc54)ccc3C2=O)C(=O)N1. The molecule has 2 fully saturated rings. The third-order valence-electron chi connectivity index (χ3n) is 8.54. The summed E-state index contributed by atoms with van der Waals surface area (Å²) < 4.78 is 0. The molecule has 4 aliphatic rings. The highest BCUT2D eigenvalue weighted by Crippen LogP contribution is 2.36. The third kappa shape index (κ3) is 4.29. The van der Waals surface area contributed by atoms with Crippen molar-refractivity contribution in [3.8, 4) is 0 Å². The number of nitrogens with zero attached hydrogens (tertiary/aromatic N) is 1. The number of fused-ring (bicyclic) bond motifs is 2. The molecule has 6 nitrogen and oxygen atoms in total. The first kappa shape index (κ1) is 22.5. The van der Waals surface area contributed by atoms with Gasteiger partial charge >= 0.3 is 0 Å². The summed E-state index contributed by atoms with van der Waals surface area (Å²) in [6, 6.07) is 15.5. The van der Waals surface area contributed by atoms with Crippen molar-refractivity contribution in [2.24, 2.45) is 5.92 Å². The molecule has 2 aromatic rings. The molecule has 3 amide bonds. The fourth-order valence-corrected chi connectivity index (χ4v) is 6.72. The van der Waals surface area contributed by atoms with Crippen LogP contribution < -0.4 is 10.6 Å². The van der Waals surface area contributed by atoms with Gasteiger partial charge in [-0.05, 0) is 72.8 Å². The lowest BCUT2D eigenvalue weighted by atomic mass is 9.80. The summed E-state index contributed by atoms with van der Waals surface area (Å²) >= 11 is 0. The Bertz CT molecular complexity index is 1180. The van der Waals surface area contributed by atoms with Crippen LogP contribution in [0.5, 0.6) is 0 Å². The lowest BCUT2D eigenvalue weighted by molar-refractivity contribution is -0.136. The van der Waals surface area contributed by atoms with E-state index in [-0.39, 0.29) is 24.1 Å². The van der Waals surface area contributed by atoms with E-state index in [4.69, 9.17) is 0 Å². The third-order valence-corrected chi connectivity index (χ3v) is 8.54. The summed E-state index contributed by atoms with van der Waals surface area (Å²) in [7, 11) is 0. The minimum Gasteiger partial charge on any atom is -0.322 e. The van der Waals surface area contributed by atoms with Gasteiger partial charge in [0.2, 0.25) is 11.8 Å². The summed E-state index contributed by atoms with van der Waals surface area (Å²) in [4.78, 5) is 38.5. The van der Waals surface area contributed by atoms with Crippen molar-refractivity contribution in [2.75, 3.05) is 0 Å². The van der Waals surface area contributed by atoms with Crippen molar-refractivity contribution in [1.29, 1.82) is 0 Å². The van der Waals surface area contributed by atoms with Gasteiger partial charge in [0.1, 0.15) is 6.04 Å². The van der Waals surface area contributed by atoms with Crippen molar-refractivity contribution in [2.45, 2.75) is 82.5 Å². The average molecular weight is 472 g/mol. The molecule has 2 N–H and O–H groups in total. The van der Waals surface area contributed by atoms with Crippen molar-refractivity contribution in [3.63, 3.8) is 0 Å². The molecule has 2 aliphatic heterocycles. The van der Waals surface area contributed by atoms with Gasteiger partial charge in [0.05, 0.1) is 0 Å². The van der Waals surface area contributed by atoms with Crippen molar-refractivity contribution in [3.05, 3.63) is 70.3 Å². The summed E-state index contributed by atoms with van der Waals surface area (Å²) in [6.07, 6.45) is 9.03. The van der Waals surface area contributed by atoms with Crippen LogP contribution in [0.2, 0.25) is 0 Å². The Morgan fingerprint density at radius 1 is 0.914 bits per heavy atom. The molecule has 0 aromatic heterocycles. The van der Waals surface area contributed by atoms with E-state index in [9.17, 15) is 14.4 Å². The molecule has 6 heteroatoms. The maximum Gasteiger partial charge on any atom is 0.255 e. The number of amides is 3. The molecule has 1 saturated carbocycles. The molecule has 2 heterocycles. The molecule has 3 unspecified atom stereocenters. The van der Waals surface area contributed by atoms with Crippen LogP contribution in [0.4, 0.5) is 0 Å². The number of benzene rings is 2. The second-order valence-corrected chi connectivity index (χ2v) is 10.7. The molecular weight excluding hydrogens is 438 g/mol. The van der Waals surface area contributed by atoms with E-state index >= 15 is 0 Å². The van der Waals surface area contributed by atoms with Gasteiger partial charge in [-0.2, -0.15) is 0 Å². The maximum absolute atomic E-state index is 13.0. The number of hydrogen-bond donors (Lipinski definition) is 2. The lowest BCUT2D eigenvalue weighted by Crippen LogP contribution is -2.52. The molecule has 0 bridgehead atoms. The van der Waals surface area contributed by atoms with Crippen LogP contribution in [0.1, 0.15) is 83.6 Å². The Hall–Kier alpha value is -2.99. The minimum absolute atomic E-state index is 0.0989. The van der Waals surface area contributed by atoms with Crippen LogP contribution in [0.3, 0.4) is 0 Å². The highest BCUT2D eigenvalue weighted by atomic mass is 16.2. The molecule has 182 valence electrons. The first-order chi connectivity index (χ1) is 17.1. The predicted molar refractivity (Wildman–Crippen MR) is 133 cm³/mol. The van der Waals surface area contributed by atoms with Crippen molar-refractivity contribution in [1.82, 2.24) is 15.5 Å². The van der Waals surface area contributed by atoms with Crippen molar-refractivity contribution >= 4 is 17.7 Å². The van der Waals surface area contributed by atoms with E-state index in [1.807, 2.05) is 6.07 Å². The zero-order valence-corrected chi connectivity index (χ0v) is 20.1. The largest absolute Gasteiger partial charge is 0.322 e. The minimum atomic E-state index is -0.558. The van der Waals surface area contributed by atoms with Gasteiger partial charge in [0, 0.05) is 30.6 Å². The Morgan fingerprint density at radius 2 is 1.77 bits per heavy atom. The number of hydrogen-bond acceptors (Lipinski definition) is 4. The Kier molecular flexibility index (Phi) is 5.93. The number of nitrogens with one attached hydrogen (secondary N) is 2. The van der Waals surface area contributed by atoms with E-state index in [1.54, 1.807) is 4.90 Å². The van der Waals surface area contributed by atoms with E-state index < -0.39 is 6.04 Å². The first-order valence-corrected chi connectivity index (χ1v) is 13.2. The number of carbonyl (C=O) groups is 3. The number of aryl methyl sites for hydroxylation is 1. The second-order valence-electron chi connectivity index (χ2n) is 10.7. The molecule has 4 atom stereocenters. The van der Waals surface area contributed by atoms with Crippen LogP contribution in [0, 0.1) is 5.92 Å². The normalized spacial score (nSPS) is 28.1. The number of rotatable bonds is 5. The second kappa shape index (κ2) is 9.23. The molecular formula is C29H33N3O3.